The minimum atomic E-state index is -0.557. The number of aryl methyl sites for hydroxylation is 1. The zero-order chi connectivity index (χ0) is 20.5. The highest BCUT2D eigenvalue weighted by molar-refractivity contribution is 7.18. The number of anilines is 1. The summed E-state index contributed by atoms with van der Waals surface area (Å²) in [7, 11) is 1.27. The molecule has 1 aliphatic carbocycles. The third kappa shape index (κ3) is 3.65. The predicted octanol–water partition coefficient (Wildman–Crippen LogP) is 2.40. The van der Waals surface area contributed by atoms with Gasteiger partial charge in [0.2, 0.25) is 5.91 Å². The Morgan fingerprint density at radius 1 is 1.34 bits per heavy atom. The van der Waals surface area contributed by atoms with Gasteiger partial charge in [-0.15, -0.1) is 16.4 Å². The van der Waals surface area contributed by atoms with Gasteiger partial charge in [-0.05, 0) is 42.9 Å². The number of hydrogen-bond donors (Lipinski definition) is 1. The van der Waals surface area contributed by atoms with Crippen LogP contribution in [-0.4, -0.2) is 34.0 Å². The second-order valence-electron chi connectivity index (χ2n) is 7.17. The highest BCUT2D eigenvalue weighted by Crippen LogP contribution is 2.35. The Morgan fingerprint density at radius 3 is 2.93 bits per heavy atom. The van der Waals surface area contributed by atoms with Gasteiger partial charge in [0.25, 0.3) is 5.56 Å². The first kappa shape index (κ1) is 19.3. The molecule has 4 rings (SSSR count). The van der Waals surface area contributed by atoms with E-state index in [0.29, 0.717) is 21.8 Å². The summed E-state index contributed by atoms with van der Waals surface area (Å²) in [5, 5.41) is 11.3. The molecule has 2 aromatic heterocycles. The zero-order valence-electron chi connectivity index (χ0n) is 16.1. The van der Waals surface area contributed by atoms with E-state index in [0.717, 1.165) is 29.5 Å². The summed E-state index contributed by atoms with van der Waals surface area (Å²) in [4.78, 5) is 39.2. The summed E-state index contributed by atoms with van der Waals surface area (Å²) in [5.74, 6) is -0.445. The molecule has 0 aliphatic heterocycles. The average Bonchev–Trinajstić information content (AvgIpc) is 3.08. The number of aromatic nitrogens is 3. The van der Waals surface area contributed by atoms with Gasteiger partial charge in [-0.1, -0.05) is 24.3 Å². The number of ether oxygens (including phenoxy) is 1. The molecule has 3 aromatic rings. The number of fused-ring (bicyclic) bond motifs is 3. The molecule has 1 aromatic carbocycles. The number of benzene rings is 1. The minimum Gasteiger partial charge on any atom is -0.465 e. The number of carbonyl (C=O) groups is 2. The molecule has 2 heterocycles. The van der Waals surface area contributed by atoms with Crippen LogP contribution < -0.4 is 10.9 Å². The fourth-order valence-electron chi connectivity index (χ4n) is 3.60. The molecule has 150 valence electrons. The molecule has 9 heteroatoms. The Bertz CT molecular complexity index is 1170. The Kier molecular flexibility index (Phi) is 5.14. The molecule has 1 N–H and O–H groups in total. The maximum atomic E-state index is 13.0. The summed E-state index contributed by atoms with van der Waals surface area (Å²) in [5.41, 5.74) is 1.29. The molecular weight excluding hydrogens is 392 g/mol. The van der Waals surface area contributed by atoms with Crippen molar-refractivity contribution >= 4 is 39.1 Å². The summed E-state index contributed by atoms with van der Waals surface area (Å²) < 4.78 is 5.80. The van der Waals surface area contributed by atoms with E-state index >= 15 is 0 Å². The molecule has 29 heavy (non-hydrogen) atoms. The largest absolute Gasteiger partial charge is 0.465 e. The molecule has 0 spiro atoms. The maximum Gasteiger partial charge on any atom is 0.339 e. The van der Waals surface area contributed by atoms with Crippen LogP contribution in [-0.2, 0) is 28.9 Å². The van der Waals surface area contributed by atoms with E-state index in [4.69, 9.17) is 4.74 Å². The first-order chi connectivity index (χ1) is 14.0. The van der Waals surface area contributed by atoms with Crippen molar-refractivity contribution in [2.24, 2.45) is 5.92 Å². The molecule has 0 fully saturated rings. The number of para-hydroxylation sites is 1. The van der Waals surface area contributed by atoms with E-state index in [2.05, 4.69) is 22.6 Å². The first-order valence-corrected chi connectivity index (χ1v) is 10.1. The van der Waals surface area contributed by atoms with Gasteiger partial charge in [0, 0.05) is 4.88 Å². The van der Waals surface area contributed by atoms with Crippen LogP contribution in [0.4, 0.5) is 5.69 Å². The number of nitrogens with zero attached hydrogens (tertiary/aromatic N) is 3. The number of nitrogens with one attached hydrogen (secondary N) is 1. The molecule has 0 saturated carbocycles. The van der Waals surface area contributed by atoms with Crippen molar-refractivity contribution in [2.45, 2.75) is 32.7 Å². The highest BCUT2D eigenvalue weighted by atomic mass is 32.1. The molecule has 0 radical (unpaired) electrons. The number of esters is 1. The molecule has 1 atom stereocenters. The van der Waals surface area contributed by atoms with Crippen molar-refractivity contribution < 1.29 is 14.3 Å². The van der Waals surface area contributed by atoms with E-state index in [1.165, 1.54) is 23.3 Å². The lowest BCUT2D eigenvalue weighted by atomic mass is 9.89. The smallest absolute Gasteiger partial charge is 0.339 e. The van der Waals surface area contributed by atoms with Gasteiger partial charge < -0.3 is 10.1 Å². The van der Waals surface area contributed by atoms with Gasteiger partial charge in [0.1, 0.15) is 6.54 Å². The van der Waals surface area contributed by atoms with E-state index < -0.39 is 11.9 Å². The van der Waals surface area contributed by atoms with Crippen molar-refractivity contribution in [1.29, 1.82) is 0 Å². The number of carbonyl (C=O) groups excluding carboxylic acids is 2. The molecule has 1 amide bonds. The lowest BCUT2D eigenvalue weighted by Gasteiger charge is -2.17. The van der Waals surface area contributed by atoms with E-state index in [1.54, 1.807) is 24.3 Å². The fraction of sp³-hybridized carbons (Fsp3) is 0.350. The van der Waals surface area contributed by atoms with Crippen LogP contribution in [0.2, 0.25) is 0 Å². The van der Waals surface area contributed by atoms with Gasteiger partial charge in [0.05, 0.1) is 23.7 Å². The van der Waals surface area contributed by atoms with Crippen LogP contribution in [0.5, 0.6) is 0 Å². The first-order valence-electron chi connectivity index (χ1n) is 9.33. The van der Waals surface area contributed by atoms with Gasteiger partial charge in [-0.2, -0.15) is 0 Å². The topological polar surface area (TPSA) is 103 Å². The van der Waals surface area contributed by atoms with Crippen LogP contribution in [0.1, 0.15) is 34.1 Å². The van der Waals surface area contributed by atoms with Crippen LogP contribution in [0, 0.1) is 5.92 Å². The van der Waals surface area contributed by atoms with Crippen molar-refractivity contribution in [2.75, 3.05) is 12.4 Å². The minimum absolute atomic E-state index is 0.234. The monoisotopic (exact) mass is 412 g/mol. The zero-order valence-corrected chi connectivity index (χ0v) is 16.9. The van der Waals surface area contributed by atoms with Crippen molar-refractivity contribution in [1.82, 2.24) is 15.0 Å². The summed E-state index contributed by atoms with van der Waals surface area (Å²) in [6.07, 6.45) is 2.82. The molecule has 0 bridgehead atoms. The number of methoxy groups -OCH3 is 1. The quantitative estimate of drug-likeness (QED) is 0.660. The normalized spacial score (nSPS) is 15.7. The second-order valence-corrected chi connectivity index (χ2v) is 8.25. The fourth-order valence-corrected chi connectivity index (χ4v) is 4.92. The van der Waals surface area contributed by atoms with Crippen molar-refractivity contribution in [3.8, 4) is 0 Å². The molecule has 0 saturated heterocycles. The van der Waals surface area contributed by atoms with Gasteiger partial charge in [0.15, 0.2) is 4.83 Å². The van der Waals surface area contributed by atoms with E-state index in [-0.39, 0.29) is 17.7 Å². The number of hydrogen-bond acceptors (Lipinski definition) is 7. The van der Waals surface area contributed by atoms with Gasteiger partial charge >= 0.3 is 5.97 Å². The third-order valence-corrected chi connectivity index (χ3v) is 6.22. The predicted molar refractivity (Wildman–Crippen MR) is 109 cm³/mol. The number of rotatable bonds is 4. The van der Waals surface area contributed by atoms with Crippen molar-refractivity contribution in [3.63, 3.8) is 0 Å². The summed E-state index contributed by atoms with van der Waals surface area (Å²) >= 11 is 1.52. The summed E-state index contributed by atoms with van der Waals surface area (Å²) in [6, 6.07) is 6.52. The Balaban J connectivity index is 1.60. The van der Waals surface area contributed by atoms with Crippen LogP contribution in [0.3, 0.4) is 0 Å². The van der Waals surface area contributed by atoms with Crippen LogP contribution in [0.25, 0.3) is 10.2 Å². The second kappa shape index (κ2) is 7.75. The van der Waals surface area contributed by atoms with Gasteiger partial charge in [-0.3, -0.25) is 9.59 Å². The lowest BCUT2D eigenvalue weighted by molar-refractivity contribution is -0.117. The molecule has 1 unspecified atom stereocenters. The molecular formula is C20H20N4O4S. The lowest BCUT2D eigenvalue weighted by Crippen LogP contribution is -2.31. The Hall–Kier alpha value is -3.07. The van der Waals surface area contributed by atoms with E-state index in [9.17, 15) is 14.4 Å². The Labute approximate surface area is 170 Å². The van der Waals surface area contributed by atoms with Gasteiger partial charge in [-0.25, -0.2) is 9.48 Å². The third-order valence-electron chi connectivity index (χ3n) is 5.08. The number of thiophene rings is 1. The SMILES string of the molecule is COC(=O)c1ccccc1NC(=O)Cn1nnc2sc3c(c2c1=O)CCC(C)C3. The molecule has 1 aliphatic rings. The maximum absolute atomic E-state index is 13.0. The average molecular weight is 412 g/mol. The highest BCUT2D eigenvalue weighted by Gasteiger charge is 2.24. The standard InChI is InChI=1S/C20H20N4O4S/c1-11-7-8-13-15(9-11)29-18-17(13)19(26)24(23-22-18)10-16(25)21-14-6-4-3-5-12(14)20(27)28-2/h3-6,11H,7-10H2,1-2H3,(H,21,25). The summed E-state index contributed by atoms with van der Waals surface area (Å²) in [6.45, 7) is 1.91. The van der Waals surface area contributed by atoms with Crippen LogP contribution >= 0.6 is 11.3 Å². The number of amides is 1. The van der Waals surface area contributed by atoms with E-state index in [1.807, 2.05) is 0 Å². The Morgan fingerprint density at radius 2 is 2.14 bits per heavy atom. The van der Waals surface area contributed by atoms with Crippen molar-refractivity contribution in [3.05, 3.63) is 50.6 Å². The van der Waals surface area contributed by atoms with Crippen LogP contribution in [0.15, 0.2) is 29.1 Å². The molecule has 8 nitrogen and oxygen atoms in total.